The zero-order valence-electron chi connectivity index (χ0n) is 17.3. The van der Waals surface area contributed by atoms with Gasteiger partial charge in [0.05, 0.1) is 0 Å². The van der Waals surface area contributed by atoms with Gasteiger partial charge in [-0.1, -0.05) is 36.4 Å². The summed E-state index contributed by atoms with van der Waals surface area (Å²) in [5.41, 5.74) is 14.2. The zero-order valence-corrected chi connectivity index (χ0v) is 18.2. The average molecular weight is 425 g/mol. The van der Waals surface area contributed by atoms with E-state index in [0.717, 1.165) is 54.2 Å². The minimum atomic E-state index is 0.355. The third-order valence-corrected chi connectivity index (χ3v) is 6.93. The second kappa shape index (κ2) is 9.83. The fourth-order valence-corrected chi connectivity index (χ4v) is 5.10. The minimum Gasteiger partial charge on any atom is -0.382 e. The van der Waals surface area contributed by atoms with Crippen LogP contribution in [0.5, 0.6) is 0 Å². The number of nitrogens with two attached hydrogens (primary N) is 2. The highest BCUT2D eigenvalue weighted by molar-refractivity contribution is 7.80. The molecule has 7 heteroatoms. The van der Waals surface area contributed by atoms with Crippen molar-refractivity contribution in [2.45, 2.75) is 36.5 Å². The van der Waals surface area contributed by atoms with Gasteiger partial charge in [0.15, 0.2) is 5.84 Å². The first-order valence-electron chi connectivity index (χ1n) is 10.8. The highest BCUT2D eigenvalue weighted by Crippen LogP contribution is 2.34. The molecule has 2 aliphatic rings. The Balaban J connectivity index is 1.67. The summed E-state index contributed by atoms with van der Waals surface area (Å²) in [6.45, 7) is 4.32. The lowest BCUT2D eigenvalue weighted by molar-refractivity contribution is 0.371. The van der Waals surface area contributed by atoms with E-state index >= 15 is 0 Å². The Morgan fingerprint density at radius 2 is 1.77 bits per heavy atom. The number of rotatable bonds is 6. The van der Waals surface area contributed by atoms with Crippen molar-refractivity contribution in [3.63, 3.8) is 0 Å². The van der Waals surface area contributed by atoms with Crippen molar-refractivity contribution in [2.75, 3.05) is 26.2 Å². The molecule has 2 saturated heterocycles. The molecule has 30 heavy (non-hydrogen) atoms. The lowest BCUT2D eigenvalue weighted by atomic mass is 9.88. The van der Waals surface area contributed by atoms with Crippen molar-refractivity contribution < 1.29 is 0 Å². The molecule has 0 aromatic heterocycles. The fourth-order valence-electron chi connectivity index (χ4n) is 4.70. The van der Waals surface area contributed by atoms with Gasteiger partial charge in [-0.15, -0.1) is 17.7 Å². The SMILES string of the molecule is NN/N=C(\N)c1c(-c2ccc(C3CCNC3)cc2)ccc(CC2CCNCC2)c1S. The summed E-state index contributed by atoms with van der Waals surface area (Å²) < 4.78 is 0. The first-order valence-corrected chi connectivity index (χ1v) is 11.3. The van der Waals surface area contributed by atoms with Crippen LogP contribution in [0.2, 0.25) is 0 Å². The van der Waals surface area contributed by atoms with Gasteiger partial charge in [0, 0.05) is 17.0 Å². The van der Waals surface area contributed by atoms with E-state index in [4.69, 9.17) is 24.2 Å². The average Bonchev–Trinajstić information content (AvgIpc) is 3.31. The predicted octanol–water partition coefficient (Wildman–Crippen LogP) is 2.34. The topological polar surface area (TPSA) is 100 Å². The van der Waals surface area contributed by atoms with Crippen molar-refractivity contribution in [3.05, 3.63) is 53.1 Å². The molecule has 160 valence electrons. The second-order valence-corrected chi connectivity index (χ2v) is 8.78. The number of hydrazone groups is 1. The molecule has 6 nitrogen and oxygen atoms in total. The van der Waals surface area contributed by atoms with E-state index in [9.17, 15) is 0 Å². The lowest BCUT2D eigenvalue weighted by Crippen LogP contribution is -2.29. The van der Waals surface area contributed by atoms with E-state index < -0.39 is 0 Å². The highest BCUT2D eigenvalue weighted by atomic mass is 32.1. The molecule has 0 bridgehead atoms. The van der Waals surface area contributed by atoms with Gasteiger partial charge < -0.3 is 16.4 Å². The molecule has 1 atom stereocenters. The van der Waals surface area contributed by atoms with Crippen molar-refractivity contribution >= 4 is 18.5 Å². The zero-order chi connectivity index (χ0) is 20.9. The molecule has 0 amide bonds. The summed E-state index contributed by atoms with van der Waals surface area (Å²) in [4.78, 5) is 0.895. The monoisotopic (exact) mass is 424 g/mol. The largest absolute Gasteiger partial charge is 0.382 e. The predicted molar refractivity (Wildman–Crippen MR) is 127 cm³/mol. The lowest BCUT2D eigenvalue weighted by Gasteiger charge is -2.24. The molecule has 1 unspecified atom stereocenters. The minimum absolute atomic E-state index is 0.355. The summed E-state index contributed by atoms with van der Waals surface area (Å²) in [5.74, 6) is 7.05. The molecule has 2 aromatic rings. The molecule has 0 radical (unpaired) electrons. The molecule has 2 fully saturated rings. The van der Waals surface area contributed by atoms with E-state index in [1.54, 1.807) is 0 Å². The van der Waals surface area contributed by atoms with Crippen LogP contribution in [0.3, 0.4) is 0 Å². The van der Waals surface area contributed by atoms with Crippen LogP contribution in [0.25, 0.3) is 11.1 Å². The molecular weight excluding hydrogens is 392 g/mol. The summed E-state index contributed by atoms with van der Waals surface area (Å²) in [5, 5.41) is 10.9. The fraction of sp³-hybridized carbons (Fsp3) is 0.435. The molecule has 2 aromatic carbocycles. The summed E-state index contributed by atoms with van der Waals surface area (Å²) in [7, 11) is 0. The first-order chi connectivity index (χ1) is 14.7. The Kier molecular flexibility index (Phi) is 6.94. The summed E-state index contributed by atoms with van der Waals surface area (Å²) in [6, 6.07) is 13.2. The second-order valence-electron chi connectivity index (χ2n) is 8.33. The number of piperidine rings is 1. The van der Waals surface area contributed by atoms with Gasteiger partial charge in [-0.05, 0) is 79.4 Å². The molecule has 0 aliphatic carbocycles. The normalized spacial score (nSPS) is 20.5. The third-order valence-electron chi connectivity index (χ3n) is 6.42. The van der Waals surface area contributed by atoms with Gasteiger partial charge in [0.1, 0.15) is 0 Å². The molecule has 0 spiro atoms. The van der Waals surface area contributed by atoms with Crippen LogP contribution < -0.4 is 27.7 Å². The number of nitrogens with one attached hydrogen (secondary N) is 3. The summed E-state index contributed by atoms with van der Waals surface area (Å²) in [6.07, 6.45) is 4.58. The van der Waals surface area contributed by atoms with Gasteiger partial charge >= 0.3 is 0 Å². The first kappa shape index (κ1) is 21.2. The molecule has 7 N–H and O–H groups in total. The van der Waals surface area contributed by atoms with Gasteiger partial charge in [-0.3, -0.25) is 0 Å². The molecule has 2 heterocycles. The van der Waals surface area contributed by atoms with Crippen LogP contribution in [0, 0.1) is 5.92 Å². The molecule has 0 saturated carbocycles. The van der Waals surface area contributed by atoms with Crippen molar-refractivity contribution in [1.82, 2.24) is 16.2 Å². The Morgan fingerprint density at radius 1 is 1.03 bits per heavy atom. The number of hydrogen-bond acceptors (Lipinski definition) is 6. The number of hydrogen-bond donors (Lipinski definition) is 6. The smallest absolute Gasteiger partial charge is 0.153 e. The van der Waals surface area contributed by atoms with Crippen molar-refractivity contribution in [1.29, 1.82) is 0 Å². The van der Waals surface area contributed by atoms with E-state index in [1.165, 1.54) is 30.4 Å². The maximum absolute atomic E-state index is 6.32. The number of hydrazine groups is 1. The van der Waals surface area contributed by atoms with E-state index in [1.807, 2.05) is 0 Å². The van der Waals surface area contributed by atoms with Crippen LogP contribution in [0.1, 0.15) is 41.9 Å². The Morgan fingerprint density at radius 3 is 2.43 bits per heavy atom. The van der Waals surface area contributed by atoms with Crippen LogP contribution in [-0.4, -0.2) is 32.0 Å². The van der Waals surface area contributed by atoms with E-state index in [0.29, 0.717) is 17.7 Å². The molecule has 2 aliphatic heterocycles. The Labute approximate surface area is 184 Å². The van der Waals surface area contributed by atoms with Crippen LogP contribution in [0.4, 0.5) is 0 Å². The van der Waals surface area contributed by atoms with Gasteiger partial charge in [-0.2, -0.15) is 0 Å². The van der Waals surface area contributed by atoms with Gasteiger partial charge in [0.2, 0.25) is 0 Å². The Bertz CT molecular complexity index is 883. The van der Waals surface area contributed by atoms with Crippen LogP contribution in [-0.2, 0) is 6.42 Å². The van der Waals surface area contributed by atoms with Gasteiger partial charge in [0.25, 0.3) is 0 Å². The van der Waals surface area contributed by atoms with Gasteiger partial charge in [-0.25, -0.2) is 11.4 Å². The van der Waals surface area contributed by atoms with Crippen molar-refractivity contribution in [3.8, 4) is 11.1 Å². The molecule has 4 rings (SSSR count). The highest BCUT2D eigenvalue weighted by Gasteiger charge is 2.21. The number of amidine groups is 1. The standard InChI is InChI=1S/C23H32N6S/c24-23(28-29-25)21-20(17-3-1-16(2-4-17)19-9-12-27-14-19)6-5-18(22(21)30)13-15-7-10-26-11-8-15/h1-6,15,19,26-27,29-30H,7-14,25H2,(H2,24,28). The third kappa shape index (κ3) is 4.64. The van der Waals surface area contributed by atoms with E-state index in [-0.39, 0.29) is 0 Å². The summed E-state index contributed by atoms with van der Waals surface area (Å²) >= 11 is 4.90. The number of nitrogens with zero attached hydrogens (tertiary/aromatic N) is 1. The number of thiol groups is 1. The van der Waals surface area contributed by atoms with Crippen LogP contribution in [0.15, 0.2) is 46.4 Å². The van der Waals surface area contributed by atoms with Crippen LogP contribution >= 0.6 is 12.6 Å². The number of benzene rings is 2. The van der Waals surface area contributed by atoms with E-state index in [2.05, 4.69) is 57.7 Å². The molecular formula is C23H32N6S. The quantitative estimate of drug-likeness (QED) is 0.141. The Hall–Kier alpha value is -2.06. The van der Waals surface area contributed by atoms with Crippen molar-refractivity contribution in [2.24, 2.45) is 22.6 Å². The maximum atomic E-state index is 6.32. The maximum Gasteiger partial charge on any atom is 0.153 e.